The third-order valence-electron chi connectivity index (χ3n) is 4.60. The van der Waals surface area contributed by atoms with Crippen LogP contribution in [0.15, 0.2) is 6.20 Å². The third-order valence-corrected chi connectivity index (χ3v) is 5.08. The van der Waals surface area contributed by atoms with Crippen LogP contribution < -0.4 is 0 Å². The molecule has 1 atom stereocenters. The standard InChI is InChI=1S/C15H24N4OS/c20-15(14-10-16-21-17-14)19-9-5-6-13(12-19)11-18-7-3-1-2-4-8-18/h10,13H,1-9,11-12H2. The van der Waals surface area contributed by atoms with Crippen molar-refractivity contribution in [3.63, 3.8) is 0 Å². The van der Waals surface area contributed by atoms with Gasteiger partial charge < -0.3 is 9.80 Å². The van der Waals surface area contributed by atoms with E-state index in [-0.39, 0.29) is 5.91 Å². The zero-order chi connectivity index (χ0) is 14.5. The number of piperidine rings is 1. The van der Waals surface area contributed by atoms with Gasteiger partial charge in [-0.3, -0.25) is 4.79 Å². The van der Waals surface area contributed by atoms with Gasteiger partial charge in [-0.2, -0.15) is 8.75 Å². The van der Waals surface area contributed by atoms with E-state index in [1.165, 1.54) is 45.2 Å². The minimum Gasteiger partial charge on any atom is -0.337 e. The molecule has 2 aliphatic heterocycles. The van der Waals surface area contributed by atoms with Crippen molar-refractivity contribution in [1.82, 2.24) is 18.5 Å². The number of amides is 1. The van der Waals surface area contributed by atoms with E-state index < -0.39 is 0 Å². The normalized spacial score (nSPS) is 24.8. The second kappa shape index (κ2) is 7.31. The Kier molecular flexibility index (Phi) is 5.19. The highest BCUT2D eigenvalue weighted by molar-refractivity contribution is 6.99. The second-order valence-electron chi connectivity index (χ2n) is 6.27. The fourth-order valence-electron chi connectivity index (χ4n) is 3.50. The lowest BCUT2D eigenvalue weighted by molar-refractivity contribution is 0.0636. The molecule has 0 bridgehead atoms. The average molecular weight is 308 g/mol. The highest BCUT2D eigenvalue weighted by Gasteiger charge is 2.27. The molecule has 1 aromatic rings. The molecular formula is C15H24N4OS. The van der Waals surface area contributed by atoms with E-state index in [4.69, 9.17) is 0 Å². The number of carbonyl (C=O) groups is 1. The van der Waals surface area contributed by atoms with Crippen LogP contribution in [0.25, 0.3) is 0 Å². The SMILES string of the molecule is O=C(c1cnsn1)N1CCCC(CN2CCCCCC2)C1. The molecule has 0 aliphatic carbocycles. The van der Waals surface area contributed by atoms with Crippen LogP contribution >= 0.6 is 11.7 Å². The summed E-state index contributed by atoms with van der Waals surface area (Å²) in [5.41, 5.74) is 0.510. The van der Waals surface area contributed by atoms with Crippen molar-refractivity contribution < 1.29 is 4.79 Å². The molecule has 1 aromatic heterocycles. The molecule has 116 valence electrons. The van der Waals surface area contributed by atoms with E-state index >= 15 is 0 Å². The first-order valence-electron chi connectivity index (χ1n) is 8.12. The predicted molar refractivity (Wildman–Crippen MR) is 83.4 cm³/mol. The van der Waals surface area contributed by atoms with Crippen molar-refractivity contribution in [2.24, 2.45) is 5.92 Å². The summed E-state index contributed by atoms with van der Waals surface area (Å²) in [5, 5.41) is 0. The van der Waals surface area contributed by atoms with Gasteiger partial charge in [-0.15, -0.1) is 0 Å². The maximum atomic E-state index is 12.4. The number of hydrogen-bond acceptors (Lipinski definition) is 5. The Hall–Kier alpha value is -1.01. The van der Waals surface area contributed by atoms with Gasteiger partial charge in [0.05, 0.1) is 17.9 Å². The summed E-state index contributed by atoms with van der Waals surface area (Å²) in [7, 11) is 0. The van der Waals surface area contributed by atoms with Gasteiger partial charge in [0.15, 0.2) is 5.69 Å². The molecule has 1 amide bonds. The molecule has 0 saturated carbocycles. The predicted octanol–water partition coefficient (Wildman–Crippen LogP) is 2.27. The van der Waals surface area contributed by atoms with E-state index in [1.54, 1.807) is 6.20 Å². The van der Waals surface area contributed by atoms with Crippen LogP contribution in [-0.2, 0) is 0 Å². The summed E-state index contributed by atoms with van der Waals surface area (Å²) >= 11 is 1.11. The summed E-state index contributed by atoms with van der Waals surface area (Å²) in [4.78, 5) is 17.0. The number of aromatic nitrogens is 2. The van der Waals surface area contributed by atoms with Gasteiger partial charge in [0.2, 0.25) is 0 Å². The average Bonchev–Trinajstić information content (AvgIpc) is 2.93. The zero-order valence-corrected chi connectivity index (χ0v) is 13.4. The zero-order valence-electron chi connectivity index (χ0n) is 12.5. The molecule has 0 radical (unpaired) electrons. The van der Waals surface area contributed by atoms with Crippen molar-refractivity contribution in [2.45, 2.75) is 38.5 Å². The lowest BCUT2D eigenvalue weighted by Crippen LogP contribution is -2.44. The van der Waals surface area contributed by atoms with Crippen molar-refractivity contribution in [1.29, 1.82) is 0 Å². The molecule has 2 fully saturated rings. The van der Waals surface area contributed by atoms with Gasteiger partial charge in [-0.05, 0) is 44.7 Å². The lowest BCUT2D eigenvalue weighted by atomic mass is 9.97. The smallest absolute Gasteiger partial charge is 0.275 e. The van der Waals surface area contributed by atoms with Gasteiger partial charge in [-0.25, -0.2) is 0 Å². The van der Waals surface area contributed by atoms with Crippen molar-refractivity contribution in [3.8, 4) is 0 Å². The number of likely N-dealkylation sites (tertiary alicyclic amines) is 2. The molecule has 0 aromatic carbocycles. The molecule has 21 heavy (non-hydrogen) atoms. The molecule has 1 unspecified atom stereocenters. The minimum absolute atomic E-state index is 0.0596. The molecule has 2 saturated heterocycles. The van der Waals surface area contributed by atoms with Gasteiger partial charge in [0.1, 0.15) is 0 Å². The Morgan fingerprint density at radius 2 is 2.00 bits per heavy atom. The molecule has 6 heteroatoms. The van der Waals surface area contributed by atoms with E-state index in [9.17, 15) is 4.79 Å². The van der Waals surface area contributed by atoms with Gasteiger partial charge in [0.25, 0.3) is 5.91 Å². The van der Waals surface area contributed by atoms with Gasteiger partial charge in [-0.1, -0.05) is 12.8 Å². The molecule has 3 rings (SSSR count). The van der Waals surface area contributed by atoms with Crippen LogP contribution in [0, 0.1) is 5.92 Å². The fourth-order valence-corrected chi connectivity index (χ4v) is 3.91. The second-order valence-corrected chi connectivity index (χ2v) is 6.82. The molecule has 0 spiro atoms. The highest BCUT2D eigenvalue weighted by atomic mass is 32.1. The summed E-state index contributed by atoms with van der Waals surface area (Å²) in [6, 6.07) is 0. The topological polar surface area (TPSA) is 49.3 Å². The van der Waals surface area contributed by atoms with Crippen LogP contribution in [-0.4, -0.2) is 57.2 Å². The number of nitrogens with zero attached hydrogens (tertiary/aromatic N) is 4. The number of carbonyl (C=O) groups excluding carboxylic acids is 1. The molecule has 3 heterocycles. The first-order valence-corrected chi connectivity index (χ1v) is 8.85. The molecule has 2 aliphatic rings. The fraction of sp³-hybridized carbons (Fsp3) is 0.800. The van der Waals surface area contributed by atoms with E-state index in [2.05, 4.69) is 13.6 Å². The third kappa shape index (κ3) is 4.01. The van der Waals surface area contributed by atoms with Crippen LogP contribution in [0.1, 0.15) is 49.0 Å². The maximum Gasteiger partial charge on any atom is 0.275 e. The Morgan fingerprint density at radius 1 is 1.19 bits per heavy atom. The summed E-state index contributed by atoms with van der Waals surface area (Å²) in [6.07, 6.45) is 9.37. The molecule has 5 nitrogen and oxygen atoms in total. The van der Waals surface area contributed by atoms with Crippen molar-refractivity contribution in [2.75, 3.05) is 32.7 Å². The van der Waals surface area contributed by atoms with Crippen LogP contribution in [0.5, 0.6) is 0 Å². The first kappa shape index (κ1) is 14.9. The highest BCUT2D eigenvalue weighted by Crippen LogP contribution is 2.21. The van der Waals surface area contributed by atoms with Crippen molar-refractivity contribution >= 4 is 17.6 Å². The van der Waals surface area contributed by atoms with E-state index in [0.717, 1.165) is 37.8 Å². The van der Waals surface area contributed by atoms with Gasteiger partial charge in [0, 0.05) is 19.6 Å². The molecule has 0 N–H and O–H groups in total. The Balaban J connectivity index is 1.54. The first-order chi connectivity index (χ1) is 10.3. The summed E-state index contributed by atoms with van der Waals surface area (Å²) in [6.45, 7) is 5.37. The van der Waals surface area contributed by atoms with Crippen molar-refractivity contribution in [3.05, 3.63) is 11.9 Å². The number of rotatable bonds is 3. The summed E-state index contributed by atoms with van der Waals surface area (Å²) in [5.74, 6) is 0.678. The number of hydrogen-bond donors (Lipinski definition) is 0. The maximum absolute atomic E-state index is 12.4. The van der Waals surface area contributed by atoms with E-state index in [1.807, 2.05) is 4.90 Å². The van der Waals surface area contributed by atoms with Crippen LogP contribution in [0.3, 0.4) is 0 Å². The largest absolute Gasteiger partial charge is 0.337 e. The Bertz CT molecular complexity index is 443. The minimum atomic E-state index is 0.0596. The Labute approximate surface area is 130 Å². The van der Waals surface area contributed by atoms with Gasteiger partial charge >= 0.3 is 0 Å². The van der Waals surface area contributed by atoms with Crippen LogP contribution in [0.4, 0.5) is 0 Å². The van der Waals surface area contributed by atoms with Crippen LogP contribution in [0.2, 0.25) is 0 Å². The monoisotopic (exact) mass is 308 g/mol. The Morgan fingerprint density at radius 3 is 2.71 bits per heavy atom. The lowest BCUT2D eigenvalue weighted by Gasteiger charge is -2.35. The van der Waals surface area contributed by atoms with E-state index in [0.29, 0.717) is 11.6 Å². The quantitative estimate of drug-likeness (QED) is 0.859. The molecular weight excluding hydrogens is 284 g/mol. The summed E-state index contributed by atoms with van der Waals surface area (Å²) < 4.78 is 8.01.